The highest BCUT2D eigenvalue weighted by Crippen LogP contribution is 2.54. The van der Waals surface area contributed by atoms with Crippen LogP contribution in [0.2, 0.25) is 0 Å². The molecule has 0 aromatic heterocycles. The van der Waals surface area contributed by atoms with Crippen LogP contribution in [0.4, 0.5) is 0 Å². The SMILES string of the molecule is CC1(C)c2ccc(-c3cccc(-c4cccc(-c5ccccc5)c4)c3)cc2-c2ccc3c4ccccc4c4ccccc4c3c21. The van der Waals surface area contributed by atoms with Crippen molar-refractivity contribution in [2.24, 2.45) is 0 Å². The molecule has 0 atom stereocenters. The fourth-order valence-corrected chi connectivity index (χ4v) is 7.88. The van der Waals surface area contributed by atoms with Gasteiger partial charge in [0.2, 0.25) is 0 Å². The van der Waals surface area contributed by atoms with E-state index in [1.165, 1.54) is 88.0 Å². The van der Waals surface area contributed by atoms with Crippen molar-refractivity contribution in [1.29, 1.82) is 0 Å². The Morgan fingerprint density at radius 3 is 1.42 bits per heavy atom. The Morgan fingerprint density at radius 1 is 0.333 bits per heavy atom. The highest BCUT2D eigenvalue weighted by molar-refractivity contribution is 6.27. The predicted molar refractivity (Wildman–Crippen MR) is 193 cm³/mol. The van der Waals surface area contributed by atoms with Crippen LogP contribution in [0, 0.1) is 0 Å². The van der Waals surface area contributed by atoms with Gasteiger partial charge in [-0.2, -0.15) is 0 Å². The van der Waals surface area contributed by atoms with E-state index in [9.17, 15) is 0 Å². The molecule has 0 spiro atoms. The zero-order valence-corrected chi connectivity index (χ0v) is 25.5. The molecule has 0 saturated heterocycles. The lowest BCUT2D eigenvalue weighted by Gasteiger charge is -2.24. The number of hydrogen-bond acceptors (Lipinski definition) is 0. The third-order valence-corrected chi connectivity index (χ3v) is 10.0. The molecule has 0 unspecified atom stereocenters. The number of benzene rings is 8. The van der Waals surface area contributed by atoms with Crippen LogP contribution in [-0.2, 0) is 5.41 Å². The Hall–Kier alpha value is -5.46. The minimum absolute atomic E-state index is 0.117. The Labute approximate surface area is 264 Å². The van der Waals surface area contributed by atoms with Crippen molar-refractivity contribution >= 4 is 32.3 Å². The summed E-state index contributed by atoms with van der Waals surface area (Å²) in [6.07, 6.45) is 0. The second-order valence-electron chi connectivity index (χ2n) is 12.9. The van der Waals surface area contributed by atoms with Crippen LogP contribution >= 0.6 is 0 Å². The highest BCUT2D eigenvalue weighted by Gasteiger charge is 2.37. The molecule has 0 heterocycles. The lowest BCUT2D eigenvalue weighted by Crippen LogP contribution is -2.15. The van der Waals surface area contributed by atoms with Crippen molar-refractivity contribution in [2.45, 2.75) is 19.3 Å². The van der Waals surface area contributed by atoms with Crippen LogP contribution in [-0.4, -0.2) is 0 Å². The van der Waals surface area contributed by atoms with Gasteiger partial charge in [0.1, 0.15) is 0 Å². The summed E-state index contributed by atoms with van der Waals surface area (Å²) in [5, 5.41) is 8.06. The van der Waals surface area contributed by atoms with Gasteiger partial charge in [0, 0.05) is 5.41 Å². The van der Waals surface area contributed by atoms with Crippen molar-refractivity contribution in [2.75, 3.05) is 0 Å². The molecular formula is C45H32. The van der Waals surface area contributed by atoms with Crippen LogP contribution in [0.3, 0.4) is 0 Å². The van der Waals surface area contributed by atoms with Crippen molar-refractivity contribution in [3.8, 4) is 44.5 Å². The van der Waals surface area contributed by atoms with Crippen molar-refractivity contribution in [3.05, 3.63) is 169 Å². The van der Waals surface area contributed by atoms with Gasteiger partial charge in [-0.05, 0) is 106 Å². The van der Waals surface area contributed by atoms with Crippen LogP contribution < -0.4 is 0 Å². The summed E-state index contributed by atoms with van der Waals surface area (Å²) in [5.41, 5.74) is 12.9. The molecular weight excluding hydrogens is 540 g/mol. The van der Waals surface area contributed by atoms with E-state index in [4.69, 9.17) is 0 Å². The maximum absolute atomic E-state index is 2.43. The molecule has 0 bridgehead atoms. The number of fused-ring (bicyclic) bond motifs is 10. The van der Waals surface area contributed by atoms with E-state index in [0.29, 0.717) is 0 Å². The Bertz CT molecular complexity index is 2410. The molecule has 0 heteroatoms. The highest BCUT2D eigenvalue weighted by atomic mass is 14.4. The molecule has 45 heavy (non-hydrogen) atoms. The lowest BCUT2D eigenvalue weighted by molar-refractivity contribution is 0.667. The van der Waals surface area contributed by atoms with Crippen molar-refractivity contribution in [1.82, 2.24) is 0 Å². The summed E-state index contributed by atoms with van der Waals surface area (Å²) in [4.78, 5) is 0. The normalized spacial score (nSPS) is 13.3. The van der Waals surface area contributed by atoms with Gasteiger partial charge in [-0.3, -0.25) is 0 Å². The molecule has 212 valence electrons. The summed E-state index contributed by atoms with van der Waals surface area (Å²) >= 11 is 0. The van der Waals surface area contributed by atoms with Crippen LogP contribution in [0.15, 0.2) is 158 Å². The molecule has 0 aliphatic heterocycles. The summed E-state index contributed by atoms with van der Waals surface area (Å²) in [5.74, 6) is 0. The van der Waals surface area contributed by atoms with Gasteiger partial charge >= 0.3 is 0 Å². The van der Waals surface area contributed by atoms with Gasteiger partial charge in [-0.15, -0.1) is 0 Å². The molecule has 1 aliphatic rings. The van der Waals surface area contributed by atoms with Gasteiger partial charge in [0.25, 0.3) is 0 Å². The Morgan fingerprint density at radius 2 is 0.800 bits per heavy atom. The van der Waals surface area contributed by atoms with Gasteiger partial charge in [0.15, 0.2) is 0 Å². The molecule has 8 aromatic carbocycles. The van der Waals surface area contributed by atoms with Crippen LogP contribution in [0.5, 0.6) is 0 Å². The van der Waals surface area contributed by atoms with Gasteiger partial charge in [0.05, 0.1) is 0 Å². The summed E-state index contributed by atoms with van der Waals surface area (Å²) in [7, 11) is 0. The van der Waals surface area contributed by atoms with E-state index in [-0.39, 0.29) is 5.41 Å². The number of rotatable bonds is 3. The van der Waals surface area contributed by atoms with E-state index >= 15 is 0 Å². The van der Waals surface area contributed by atoms with E-state index in [1.54, 1.807) is 0 Å². The van der Waals surface area contributed by atoms with Gasteiger partial charge < -0.3 is 0 Å². The van der Waals surface area contributed by atoms with Crippen LogP contribution in [0.1, 0.15) is 25.0 Å². The first-order valence-electron chi connectivity index (χ1n) is 15.9. The molecule has 1 aliphatic carbocycles. The van der Waals surface area contributed by atoms with Crippen molar-refractivity contribution in [3.63, 3.8) is 0 Å². The van der Waals surface area contributed by atoms with Crippen LogP contribution in [0.25, 0.3) is 76.8 Å². The lowest BCUT2D eigenvalue weighted by atomic mass is 9.78. The van der Waals surface area contributed by atoms with Gasteiger partial charge in [-0.25, -0.2) is 0 Å². The molecule has 0 fully saturated rings. The van der Waals surface area contributed by atoms with Gasteiger partial charge in [-0.1, -0.05) is 153 Å². The topological polar surface area (TPSA) is 0 Å². The molecule has 0 nitrogen and oxygen atoms in total. The smallest absolute Gasteiger partial charge is 0.0165 e. The maximum Gasteiger partial charge on any atom is 0.0165 e. The minimum Gasteiger partial charge on any atom is -0.0622 e. The second-order valence-corrected chi connectivity index (χ2v) is 12.9. The second kappa shape index (κ2) is 9.78. The van der Waals surface area contributed by atoms with E-state index in [0.717, 1.165) is 0 Å². The summed E-state index contributed by atoms with van der Waals surface area (Å²) < 4.78 is 0. The van der Waals surface area contributed by atoms with E-state index in [2.05, 4.69) is 172 Å². The molecule has 0 N–H and O–H groups in total. The fourth-order valence-electron chi connectivity index (χ4n) is 7.88. The maximum atomic E-state index is 2.43. The summed E-state index contributed by atoms with van der Waals surface area (Å²) in [6, 6.07) is 58.2. The Balaban J connectivity index is 1.21. The van der Waals surface area contributed by atoms with E-state index in [1.807, 2.05) is 0 Å². The zero-order chi connectivity index (χ0) is 30.1. The molecule has 0 radical (unpaired) electrons. The molecule has 0 amide bonds. The molecule has 9 rings (SSSR count). The standard InChI is InChI=1S/C45H32/c1-45(2)42-25-22-34(33-17-11-16-32(27-33)31-15-10-14-30(26-31)29-12-4-3-5-13-29)28-41(42)40-24-23-39-37-20-7-6-18-35(37)36-19-8-9-21-38(36)43(39)44(40)45/h3-28H,1-2H3. The van der Waals surface area contributed by atoms with Crippen molar-refractivity contribution < 1.29 is 0 Å². The molecule has 8 aromatic rings. The molecule has 0 saturated carbocycles. The third kappa shape index (κ3) is 3.92. The summed E-state index contributed by atoms with van der Waals surface area (Å²) in [6.45, 7) is 4.81. The number of hydrogen-bond donors (Lipinski definition) is 0. The zero-order valence-electron chi connectivity index (χ0n) is 25.5. The first kappa shape index (κ1) is 26.0. The Kier molecular flexibility index (Phi) is 5.64. The minimum atomic E-state index is -0.117. The first-order valence-corrected chi connectivity index (χ1v) is 15.9. The predicted octanol–water partition coefficient (Wildman–Crippen LogP) is 12.5. The average Bonchev–Trinajstić information content (AvgIpc) is 3.34. The quantitative estimate of drug-likeness (QED) is 0.185. The first-order chi connectivity index (χ1) is 22.1. The largest absolute Gasteiger partial charge is 0.0622 e. The third-order valence-electron chi connectivity index (χ3n) is 10.0. The van der Waals surface area contributed by atoms with E-state index < -0.39 is 0 Å². The average molecular weight is 573 g/mol. The fraction of sp³-hybridized carbons (Fsp3) is 0.0667. The monoisotopic (exact) mass is 572 g/mol.